The first-order chi connectivity index (χ1) is 11.6. The maximum absolute atomic E-state index is 9.40. The Kier molecular flexibility index (Phi) is 5.98. The summed E-state index contributed by atoms with van der Waals surface area (Å²) in [4.78, 5) is 0. The molecule has 0 saturated heterocycles. The first-order valence-electron chi connectivity index (χ1n) is 8.31. The number of aryl methyl sites for hydroxylation is 1. The number of hydrogen-bond acceptors (Lipinski definition) is 2. The van der Waals surface area contributed by atoms with Crippen LogP contribution in [0.3, 0.4) is 0 Å². The molecule has 0 radical (unpaired) electrons. The molecule has 24 heavy (non-hydrogen) atoms. The molecule has 2 nitrogen and oxygen atoms in total. The minimum absolute atomic E-state index is 0.731. The van der Waals surface area contributed by atoms with Gasteiger partial charge in [-0.1, -0.05) is 62.4 Å². The normalized spacial score (nSPS) is 10.0. The molecule has 0 fully saturated rings. The van der Waals surface area contributed by atoms with Crippen molar-refractivity contribution in [2.75, 3.05) is 5.32 Å². The van der Waals surface area contributed by atoms with Gasteiger partial charge in [0.05, 0.1) is 11.6 Å². The van der Waals surface area contributed by atoms with E-state index in [-0.39, 0.29) is 0 Å². The number of nitriles is 1. The lowest BCUT2D eigenvalue weighted by molar-refractivity contribution is 0.793. The number of allylic oxidation sites excluding steroid dienone is 1. The zero-order valence-electron chi connectivity index (χ0n) is 14.5. The molecule has 0 saturated carbocycles. The van der Waals surface area contributed by atoms with Crippen LogP contribution in [0.1, 0.15) is 48.9 Å². The van der Waals surface area contributed by atoms with E-state index in [1.165, 1.54) is 0 Å². The van der Waals surface area contributed by atoms with Gasteiger partial charge in [0.1, 0.15) is 0 Å². The molecular weight excluding hydrogens is 292 g/mol. The van der Waals surface area contributed by atoms with Gasteiger partial charge >= 0.3 is 0 Å². The van der Waals surface area contributed by atoms with E-state index in [0.29, 0.717) is 0 Å². The molecular formula is C22H24N2. The summed E-state index contributed by atoms with van der Waals surface area (Å²) in [6, 6.07) is 16.3. The zero-order valence-corrected chi connectivity index (χ0v) is 14.5. The van der Waals surface area contributed by atoms with E-state index in [1.54, 1.807) is 0 Å². The van der Waals surface area contributed by atoms with E-state index in [0.717, 1.165) is 58.5 Å². The second-order valence-electron chi connectivity index (χ2n) is 6.02. The predicted molar refractivity (Wildman–Crippen MR) is 104 cm³/mol. The lowest BCUT2D eigenvalue weighted by Crippen LogP contribution is -2.01. The fraction of sp³-hybridized carbons (Fsp3) is 0.227. The summed E-state index contributed by atoms with van der Waals surface area (Å²) in [5.74, 6) is 0. The minimum atomic E-state index is 0.731. The van der Waals surface area contributed by atoms with Crippen LogP contribution in [-0.4, -0.2) is 0 Å². The summed E-state index contributed by atoms with van der Waals surface area (Å²) in [6.45, 7) is 12.3. The molecule has 2 rings (SSSR count). The van der Waals surface area contributed by atoms with Crippen LogP contribution in [0.2, 0.25) is 0 Å². The fourth-order valence-corrected chi connectivity index (χ4v) is 2.70. The molecule has 2 aromatic carbocycles. The van der Waals surface area contributed by atoms with Crippen LogP contribution < -0.4 is 5.32 Å². The second kappa shape index (κ2) is 8.17. The molecule has 0 spiro atoms. The van der Waals surface area contributed by atoms with Gasteiger partial charge in [-0.25, -0.2) is 0 Å². The van der Waals surface area contributed by atoms with Crippen LogP contribution in [0.5, 0.6) is 0 Å². The minimum Gasteiger partial charge on any atom is -0.355 e. The van der Waals surface area contributed by atoms with Crippen molar-refractivity contribution in [2.24, 2.45) is 0 Å². The number of nitrogens with one attached hydrogen (secondary N) is 1. The van der Waals surface area contributed by atoms with Gasteiger partial charge in [-0.15, -0.1) is 0 Å². The molecule has 0 unspecified atom stereocenters. The van der Waals surface area contributed by atoms with E-state index in [2.05, 4.69) is 31.5 Å². The van der Waals surface area contributed by atoms with Crippen LogP contribution in [0.4, 0.5) is 5.69 Å². The van der Waals surface area contributed by atoms with Gasteiger partial charge in [-0.3, -0.25) is 0 Å². The summed E-state index contributed by atoms with van der Waals surface area (Å²) >= 11 is 0. The summed E-state index contributed by atoms with van der Waals surface area (Å²) in [5, 5.41) is 12.7. The number of hydrogen-bond donors (Lipinski definition) is 1. The molecule has 122 valence electrons. The summed E-state index contributed by atoms with van der Waals surface area (Å²) in [6.07, 6.45) is 3.17. The summed E-state index contributed by atoms with van der Waals surface area (Å²) in [5.41, 5.74) is 6.63. The maximum Gasteiger partial charge on any atom is 0.0995 e. The zero-order chi connectivity index (χ0) is 17.5. The molecule has 1 N–H and O–H groups in total. The fourth-order valence-electron chi connectivity index (χ4n) is 2.70. The highest BCUT2D eigenvalue weighted by Gasteiger charge is 2.08. The SMILES string of the molecule is C=C(C)c1ccccc1C(=C)Nc1ccc(CCCC)c(C#N)c1. The summed E-state index contributed by atoms with van der Waals surface area (Å²) in [7, 11) is 0. The van der Waals surface area contributed by atoms with E-state index in [9.17, 15) is 5.26 Å². The standard InChI is InChI=1S/C22H24N2/c1-5-6-9-18-12-13-20(14-19(18)15-23)24-17(4)22-11-8-7-10-21(22)16(2)3/h7-8,10-14,24H,2,4-6,9H2,1,3H3. The Morgan fingerprint density at radius 2 is 1.83 bits per heavy atom. The summed E-state index contributed by atoms with van der Waals surface area (Å²) < 4.78 is 0. The monoisotopic (exact) mass is 316 g/mol. The molecule has 0 aliphatic carbocycles. The van der Waals surface area contributed by atoms with E-state index >= 15 is 0 Å². The first-order valence-corrected chi connectivity index (χ1v) is 8.31. The molecule has 2 aromatic rings. The molecule has 0 atom stereocenters. The Hall–Kier alpha value is -2.79. The van der Waals surface area contributed by atoms with Crippen molar-refractivity contribution >= 4 is 17.0 Å². The van der Waals surface area contributed by atoms with Gasteiger partial charge < -0.3 is 5.32 Å². The highest BCUT2D eigenvalue weighted by molar-refractivity contribution is 5.83. The molecule has 0 aliphatic rings. The van der Waals surface area contributed by atoms with Crippen LogP contribution in [0.15, 0.2) is 55.6 Å². The average molecular weight is 316 g/mol. The second-order valence-corrected chi connectivity index (χ2v) is 6.02. The number of nitrogens with zero attached hydrogens (tertiary/aromatic N) is 1. The number of anilines is 1. The molecule has 2 heteroatoms. The Morgan fingerprint density at radius 1 is 1.12 bits per heavy atom. The molecule has 0 aromatic heterocycles. The van der Waals surface area contributed by atoms with Crippen molar-refractivity contribution in [1.29, 1.82) is 5.26 Å². The van der Waals surface area contributed by atoms with E-state index < -0.39 is 0 Å². The lowest BCUT2D eigenvalue weighted by atomic mass is 9.99. The Labute approximate surface area is 145 Å². The lowest BCUT2D eigenvalue weighted by Gasteiger charge is -2.15. The van der Waals surface area contributed by atoms with Crippen molar-refractivity contribution in [3.05, 3.63) is 77.9 Å². The third-order valence-electron chi connectivity index (χ3n) is 4.04. The predicted octanol–water partition coefficient (Wildman–Crippen LogP) is 6.02. The van der Waals surface area contributed by atoms with Gasteiger partial charge in [0.25, 0.3) is 0 Å². The highest BCUT2D eigenvalue weighted by Crippen LogP contribution is 2.26. The number of rotatable bonds is 7. The third kappa shape index (κ3) is 4.14. The van der Waals surface area contributed by atoms with Gasteiger partial charge in [0.15, 0.2) is 0 Å². The topological polar surface area (TPSA) is 35.8 Å². The molecule has 0 heterocycles. The molecule has 0 aliphatic heterocycles. The van der Waals surface area contributed by atoms with Gasteiger partial charge in [-0.05, 0) is 43.0 Å². The van der Waals surface area contributed by atoms with E-state index in [1.807, 2.05) is 49.4 Å². The Morgan fingerprint density at radius 3 is 2.46 bits per heavy atom. The molecule has 0 bridgehead atoms. The van der Waals surface area contributed by atoms with Crippen molar-refractivity contribution in [2.45, 2.75) is 33.1 Å². The quantitative estimate of drug-likeness (QED) is 0.678. The van der Waals surface area contributed by atoms with Crippen LogP contribution >= 0.6 is 0 Å². The Bertz CT molecular complexity index is 794. The Balaban J connectivity index is 2.24. The van der Waals surface area contributed by atoms with Gasteiger partial charge in [0, 0.05) is 16.9 Å². The van der Waals surface area contributed by atoms with Crippen molar-refractivity contribution in [3.8, 4) is 6.07 Å². The smallest absolute Gasteiger partial charge is 0.0995 e. The van der Waals surface area contributed by atoms with E-state index in [4.69, 9.17) is 0 Å². The average Bonchev–Trinajstić information content (AvgIpc) is 2.60. The van der Waals surface area contributed by atoms with Crippen molar-refractivity contribution < 1.29 is 0 Å². The largest absolute Gasteiger partial charge is 0.355 e. The van der Waals surface area contributed by atoms with Gasteiger partial charge in [-0.2, -0.15) is 5.26 Å². The molecule has 0 amide bonds. The van der Waals surface area contributed by atoms with Gasteiger partial charge in [0.2, 0.25) is 0 Å². The first kappa shape index (κ1) is 17.6. The van der Waals surface area contributed by atoms with Crippen LogP contribution in [-0.2, 0) is 6.42 Å². The maximum atomic E-state index is 9.40. The highest BCUT2D eigenvalue weighted by atomic mass is 14.9. The third-order valence-corrected chi connectivity index (χ3v) is 4.04. The number of unbranched alkanes of at least 4 members (excludes halogenated alkanes) is 1. The van der Waals surface area contributed by atoms with Crippen LogP contribution in [0.25, 0.3) is 11.3 Å². The van der Waals surface area contributed by atoms with Crippen LogP contribution in [0, 0.1) is 11.3 Å². The van der Waals surface area contributed by atoms with Crippen molar-refractivity contribution in [3.63, 3.8) is 0 Å². The number of benzene rings is 2. The van der Waals surface area contributed by atoms with Crippen molar-refractivity contribution in [1.82, 2.24) is 0 Å².